The van der Waals surface area contributed by atoms with Crippen molar-refractivity contribution < 1.29 is 22.7 Å². The number of hydrogen-bond acceptors (Lipinski definition) is 6. The summed E-state index contributed by atoms with van der Waals surface area (Å²) in [5, 5.41) is 6.26. The number of nitrogens with zero attached hydrogens (tertiary/aromatic N) is 2. The molecule has 0 radical (unpaired) electrons. The zero-order valence-corrected chi connectivity index (χ0v) is 22.3. The molecule has 2 aliphatic rings. The molecule has 5 rings (SSSR count). The molecule has 9 heteroatoms. The molecular formula is C30H29N3O5S. The summed E-state index contributed by atoms with van der Waals surface area (Å²) in [5.41, 5.74) is 4.07. The van der Waals surface area contributed by atoms with Crippen LogP contribution in [-0.2, 0) is 19.6 Å². The van der Waals surface area contributed by atoms with E-state index in [1.165, 1.54) is 36.3 Å². The Hall–Kier alpha value is -4.08. The second kappa shape index (κ2) is 11.3. The second-order valence-corrected chi connectivity index (χ2v) is 11.4. The number of hydrogen-bond donors (Lipinski definition) is 1. The number of ether oxygens (including phenoxy) is 1. The number of hydrazone groups is 1. The first-order chi connectivity index (χ1) is 18.9. The Balaban J connectivity index is 1.39. The van der Waals surface area contributed by atoms with Crippen LogP contribution in [0.1, 0.15) is 46.8 Å². The van der Waals surface area contributed by atoms with Crippen LogP contribution in [0.15, 0.2) is 100 Å². The highest BCUT2D eigenvalue weighted by Crippen LogP contribution is 2.44. The summed E-state index contributed by atoms with van der Waals surface area (Å²) < 4.78 is 31.8. The van der Waals surface area contributed by atoms with Crippen LogP contribution in [-0.4, -0.2) is 44.7 Å². The summed E-state index contributed by atoms with van der Waals surface area (Å²) in [6.07, 6.45) is 4.87. The second-order valence-electron chi connectivity index (χ2n) is 9.47. The van der Waals surface area contributed by atoms with Gasteiger partial charge < -0.3 is 4.74 Å². The minimum Gasteiger partial charge on any atom is -0.452 e. The number of carbonyl (C=O) groups excluding carboxylic acids is 2. The molecule has 1 saturated carbocycles. The third-order valence-electron chi connectivity index (χ3n) is 7.01. The van der Waals surface area contributed by atoms with Gasteiger partial charge in [0, 0.05) is 5.92 Å². The topological polar surface area (TPSA) is 105 Å². The fourth-order valence-corrected chi connectivity index (χ4v) is 5.90. The lowest BCUT2D eigenvalue weighted by molar-refractivity contribution is -0.137. The molecule has 2 unspecified atom stereocenters. The van der Waals surface area contributed by atoms with Gasteiger partial charge in [-0.15, -0.1) is 0 Å². The van der Waals surface area contributed by atoms with E-state index >= 15 is 0 Å². The monoisotopic (exact) mass is 543 g/mol. The summed E-state index contributed by atoms with van der Waals surface area (Å²) in [7, 11) is -2.44. The van der Waals surface area contributed by atoms with E-state index in [1.807, 2.05) is 60.7 Å². The Morgan fingerprint density at radius 3 is 2.46 bits per heavy atom. The fourth-order valence-electron chi connectivity index (χ4n) is 5.13. The van der Waals surface area contributed by atoms with Gasteiger partial charge in [0.05, 0.1) is 22.2 Å². The molecule has 0 aromatic heterocycles. The summed E-state index contributed by atoms with van der Waals surface area (Å²) in [6.45, 7) is -0.521. The summed E-state index contributed by atoms with van der Waals surface area (Å²) >= 11 is 0. The minimum atomic E-state index is -3.73. The van der Waals surface area contributed by atoms with Gasteiger partial charge in [-0.3, -0.25) is 4.79 Å². The number of nitrogens with one attached hydrogen (secondary N) is 1. The minimum absolute atomic E-state index is 0.0270. The molecule has 1 aliphatic carbocycles. The number of amides is 1. The van der Waals surface area contributed by atoms with Gasteiger partial charge in [-0.1, -0.05) is 66.7 Å². The van der Waals surface area contributed by atoms with E-state index in [1.54, 1.807) is 0 Å². The van der Waals surface area contributed by atoms with Crippen molar-refractivity contribution in [3.8, 4) is 0 Å². The van der Waals surface area contributed by atoms with Crippen molar-refractivity contribution in [1.82, 2.24) is 9.73 Å². The van der Waals surface area contributed by atoms with Crippen molar-refractivity contribution in [2.45, 2.75) is 30.2 Å². The van der Waals surface area contributed by atoms with Crippen LogP contribution >= 0.6 is 0 Å². The molecular weight excluding hydrogens is 514 g/mol. The van der Waals surface area contributed by atoms with Crippen LogP contribution in [0.5, 0.6) is 0 Å². The van der Waals surface area contributed by atoms with Crippen LogP contribution in [0.3, 0.4) is 0 Å². The maximum atomic E-state index is 13.5. The molecule has 8 nitrogen and oxygen atoms in total. The van der Waals surface area contributed by atoms with Crippen molar-refractivity contribution in [1.29, 1.82) is 0 Å². The van der Waals surface area contributed by atoms with Gasteiger partial charge in [-0.05, 0) is 67.3 Å². The van der Waals surface area contributed by atoms with Gasteiger partial charge in [0.2, 0.25) is 10.0 Å². The average molecular weight is 544 g/mol. The molecule has 1 N–H and O–H groups in total. The summed E-state index contributed by atoms with van der Waals surface area (Å²) in [4.78, 5) is 26.1. The van der Waals surface area contributed by atoms with Crippen molar-refractivity contribution in [2.24, 2.45) is 11.0 Å². The Morgan fingerprint density at radius 2 is 1.74 bits per heavy atom. The van der Waals surface area contributed by atoms with Crippen LogP contribution in [0.25, 0.3) is 6.08 Å². The number of sulfonamides is 1. The maximum Gasteiger partial charge on any atom is 0.338 e. The van der Waals surface area contributed by atoms with Gasteiger partial charge in [0.1, 0.15) is 0 Å². The first kappa shape index (κ1) is 26.5. The quantitative estimate of drug-likeness (QED) is 0.440. The highest BCUT2D eigenvalue weighted by molar-refractivity contribution is 7.89. The Morgan fingerprint density at radius 1 is 1.03 bits per heavy atom. The molecule has 3 aromatic carbocycles. The lowest BCUT2D eigenvalue weighted by Gasteiger charge is -2.29. The molecule has 3 aromatic rings. The first-order valence-corrected chi connectivity index (χ1v) is 14.3. The van der Waals surface area contributed by atoms with Gasteiger partial charge in [-0.25, -0.2) is 22.9 Å². The Labute approximate surface area is 228 Å². The molecule has 39 heavy (non-hydrogen) atoms. The van der Waals surface area contributed by atoms with Gasteiger partial charge in [-0.2, -0.15) is 5.10 Å². The van der Waals surface area contributed by atoms with Crippen molar-refractivity contribution in [2.75, 3.05) is 13.7 Å². The maximum absolute atomic E-state index is 13.5. The molecule has 1 amide bonds. The van der Waals surface area contributed by atoms with Crippen LogP contribution in [0.4, 0.5) is 0 Å². The molecule has 1 heterocycles. The predicted molar refractivity (Wildman–Crippen MR) is 148 cm³/mol. The molecule has 0 spiro atoms. The van der Waals surface area contributed by atoms with Gasteiger partial charge in [0.25, 0.3) is 5.91 Å². The zero-order chi connectivity index (χ0) is 27.4. The van der Waals surface area contributed by atoms with E-state index in [0.717, 1.165) is 41.7 Å². The SMILES string of the molecule is CNS(=O)(=O)c1cccc(C(=O)OCC(=O)N2N=C3C(=Cc4ccccc4)CCCC3C2c2ccccc2)c1. The number of benzene rings is 3. The van der Waals surface area contributed by atoms with Gasteiger partial charge in [0.15, 0.2) is 6.61 Å². The molecule has 2 atom stereocenters. The van der Waals surface area contributed by atoms with Crippen LogP contribution in [0, 0.1) is 5.92 Å². The highest BCUT2D eigenvalue weighted by atomic mass is 32.2. The third kappa shape index (κ3) is 5.69. The van der Waals surface area contributed by atoms with E-state index in [2.05, 4.69) is 10.8 Å². The van der Waals surface area contributed by atoms with Crippen molar-refractivity contribution >= 4 is 33.7 Å². The fraction of sp³-hybridized carbons (Fsp3) is 0.233. The Bertz CT molecular complexity index is 1540. The predicted octanol–water partition coefficient (Wildman–Crippen LogP) is 4.57. The summed E-state index contributed by atoms with van der Waals surface area (Å²) in [5.74, 6) is -1.21. The molecule has 0 saturated heterocycles. The molecule has 200 valence electrons. The van der Waals surface area contributed by atoms with E-state index in [9.17, 15) is 18.0 Å². The van der Waals surface area contributed by atoms with Crippen molar-refractivity contribution in [3.05, 3.63) is 107 Å². The first-order valence-electron chi connectivity index (χ1n) is 12.8. The lowest BCUT2D eigenvalue weighted by Crippen LogP contribution is -2.34. The normalized spacial score (nSPS) is 19.9. The molecule has 1 fully saturated rings. The van der Waals surface area contributed by atoms with E-state index in [-0.39, 0.29) is 22.4 Å². The average Bonchev–Trinajstić information content (AvgIpc) is 3.37. The van der Waals surface area contributed by atoms with E-state index in [4.69, 9.17) is 9.84 Å². The number of allylic oxidation sites excluding steroid dienone is 1. The van der Waals surface area contributed by atoms with E-state index in [0.29, 0.717) is 0 Å². The summed E-state index contributed by atoms with van der Waals surface area (Å²) in [6, 6.07) is 25.0. The largest absolute Gasteiger partial charge is 0.452 e. The number of rotatable bonds is 7. The molecule has 0 bridgehead atoms. The number of esters is 1. The lowest BCUT2D eigenvalue weighted by atomic mass is 9.77. The standard InChI is InChI=1S/C30H29N3O5S/c1-31-39(36,37)25-16-8-15-24(19-25)30(35)38-20-27(34)33-29(22-12-6-3-7-13-22)26-17-9-14-23(28(26)32-33)18-21-10-4-2-5-11-21/h2-8,10-13,15-16,18-19,26,29,31H,9,14,17,20H2,1H3. The van der Waals surface area contributed by atoms with Gasteiger partial charge >= 0.3 is 5.97 Å². The number of fused-ring (bicyclic) bond motifs is 1. The van der Waals surface area contributed by atoms with E-state index < -0.39 is 28.5 Å². The number of carbonyl (C=O) groups is 2. The van der Waals surface area contributed by atoms with Crippen molar-refractivity contribution in [3.63, 3.8) is 0 Å². The third-order valence-corrected chi connectivity index (χ3v) is 8.43. The van der Waals surface area contributed by atoms with Crippen LogP contribution < -0.4 is 4.72 Å². The van der Waals surface area contributed by atoms with Crippen LogP contribution in [0.2, 0.25) is 0 Å². The molecule has 1 aliphatic heterocycles. The smallest absolute Gasteiger partial charge is 0.338 e. The Kier molecular flexibility index (Phi) is 7.72. The highest BCUT2D eigenvalue weighted by Gasteiger charge is 2.43. The zero-order valence-electron chi connectivity index (χ0n) is 21.5.